The molecule has 0 N–H and O–H groups in total. The molecule has 4 rings (SSSR count). The van der Waals surface area contributed by atoms with Crippen LogP contribution < -0.4 is 0 Å². The van der Waals surface area contributed by atoms with E-state index in [0.29, 0.717) is 0 Å². The van der Waals surface area contributed by atoms with Crippen molar-refractivity contribution >= 4 is 738 Å². The zero-order chi connectivity index (χ0) is 101. The van der Waals surface area contributed by atoms with Gasteiger partial charge < -0.3 is 0 Å². The van der Waals surface area contributed by atoms with E-state index in [1.165, 1.54) is 22.3 Å². The molecule has 1 aliphatic carbocycles. The fourth-order valence-corrected chi connectivity index (χ4v) is 23.6. The molecule has 1 nitrogen and oxygen atoms in total. The molecule has 1 aromatic heterocycles. The van der Waals surface area contributed by atoms with Crippen LogP contribution in [0.5, 0.6) is 0 Å². The molecule has 0 atom stereocenters. The molecule has 0 amide bonds. The summed E-state index contributed by atoms with van der Waals surface area (Å²) in [4.78, 5) is 4.79. The normalized spacial score (nSPS) is 11.7. The maximum absolute atomic E-state index is 7.26. The zero-order valence-electron chi connectivity index (χ0n) is 76.5. The van der Waals surface area contributed by atoms with E-state index >= 15 is 0 Å². The molecule has 0 unspecified atom stereocenters. The lowest BCUT2D eigenvalue weighted by molar-refractivity contribution is 0.125. The molecule has 2 aromatic carbocycles. The van der Waals surface area contributed by atoms with Gasteiger partial charge in [-0.3, -0.25) is 4.98 Å². The summed E-state index contributed by atoms with van der Waals surface area (Å²) in [5.41, 5.74) is 7.86. The van der Waals surface area contributed by atoms with Crippen molar-refractivity contribution in [2.75, 3.05) is 0 Å². The molecule has 0 spiro atoms. The molecule has 0 saturated heterocycles. The van der Waals surface area contributed by atoms with Crippen LogP contribution in [0.25, 0.3) is 22.4 Å². The minimum absolute atomic E-state index is 0.108. The summed E-state index contributed by atoms with van der Waals surface area (Å²) in [6.07, 6.45) is -94.3. The first-order valence-electron chi connectivity index (χ1n) is 43.6. The molecular weight excluding hydrogens is 1510 g/mol. The van der Waals surface area contributed by atoms with Crippen LogP contribution in [0.1, 0.15) is 52.7 Å². The summed E-state index contributed by atoms with van der Waals surface area (Å²) < 4.78 is 1.09. The fourth-order valence-electron chi connectivity index (χ4n) is 23.1. The Morgan fingerprint density at radius 1 is 0.192 bits per heavy atom. The quantitative estimate of drug-likeness (QED) is 0.0514. The number of pyridine rings is 1. The van der Waals surface area contributed by atoms with Crippen molar-refractivity contribution in [1.29, 1.82) is 0 Å². The Kier molecular flexibility index (Phi) is 55.7. The minimum atomic E-state index is -2.36. The van der Waals surface area contributed by atoms with E-state index in [4.69, 9.17) is 407 Å². The van der Waals surface area contributed by atoms with Gasteiger partial charge in [0.25, 0.3) is 0 Å². The van der Waals surface area contributed by atoms with E-state index in [-0.39, 0.29) is 16.2 Å². The molecule has 0 bridgehead atoms. The second kappa shape index (κ2) is 56.2. The van der Waals surface area contributed by atoms with Crippen molar-refractivity contribution in [1.82, 2.24) is 4.98 Å². The Bertz CT molecular complexity index is 3300. The van der Waals surface area contributed by atoms with Gasteiger partial charge in [-0.25, -0.2) is 0 Å². The molecule has 104 radical (unpaired) electrons. The summed E-state index contributed by atoms with van der Waals surface area (Å²) >= 11 is 3.64. The van der Waals surface area contributed by atoms with Gasteiger partial charge in [0, 0.05) is 743 Å². The highest BCUT2D eigenvalue weighted by molar-refractivity contribution is 9.10. The lowest BCUT2D eigenvalue weighted by Gasteiger charge is -2.63. The first-order chi connectivity index (χ1) is 59.4. The Morgan fingerprint density at radius 2 is 0.354 bits per heavy atom. The summed E-state index contributed by atoms with van der Waals surface area (Å²) in [5.74, 6) is 0. The lowest BCUT2D eigenvalue weighted by atomic mass is 8.18. The van der Waals surface area contributed by atoms with Gasteiger partial charge in [0.05, 0.1) is 5.69 Å². The van der Waals surface area contributed by atoms with Crippen LogP contribution in [0.4, 0.5) is 0 Å². The first kappa shape index (κ1) is 129. The van der Waals surface area contributed by atoms with Crippen LogP contribution in [-0.4, -0.2) is 727 Å². The third-order valence-corrected chi connectivity index (χ3v) is 30.2. The molecular formula is C26H28B102BrN. The van der Waals surface area contributed by atoms with Gasteiger partial charge >= 0.3 is 0 Å². The van der Waals surface area contributed by atoms with Gasteiger partial charge in [-0.2, -0.15) is 0 Å². The van der Waals surface area contributed by atoms with Crippen molar-refractivity contribution in [2.45, 2.75) is 52.4 Å². The van der Waals surface area contributed by atoms with Gasteiger partial charge in [0.2, 0.25) is 0 Å². The number of halogens is 1. The topological polar surface area (TPSA) is 12.9 Å². The summed E-state index contributed by atoms with van der Waals surface area (Å²) in [6, 6.07) is 19.5. The Morgan fingerprint density at radius 3 is 0.523 bits per heavy atom. The van der Waals surface area contributed by atoms with Gasteiger partial charge in [0.15, 0.2) is 0 Å². The van der Waals surface area contributed by atoms with Crippen molar-refractivity contribution in [3.05, 3.63) is 76.4 Å². The van der Waals surface area contributed by atoms with Crippen molar-refractivity contribution < 1.29 is 0 Å². The number of hydrogen-bond donors (Lipinski definition) is 0. The summed E-state index contributed by atoms with van der Waals surface area (Å²) in [5, 5.41) is 0. The maximum Gasteiger partial charge on any atom is 0.0702 e. The first-order valence-corrected chi connectivity index (χ1v) is 44.4. The highest BCUT2D eigenvalue weighted by Crippen LogP contribution is 2.62. The molecule has 1 aliphatic rings. The Labute approximate surface area is 889 Å². The Balaban J connectivity index is 0.00000129. The van der Waals surface area contributed by atoms with E-state index in [1.54, 1.807) is 0 Å². The van der Waals surface area contributed by atoms with Crippen LogP contribution in [-0.2, 0) is 10.8 Å². The number of fused-ring (bicyclic) bond motifs is 1. The third-order valence-electron chi connectivity index (χ3n) is 29.5. The number of aromatic nitrogens is 1. The predicted molar refractivity (Wildman–Crippen MR) is 710 cm³/mol. The van der Waals surface area contributed by atoms with Crippen LogP contribution in [0.15, 0.2) is 65.3 Å². The number of rotatable bonds is 51. The van der Waals surface area contributed by atoms with Gasteiger partial charge in [-0.15, -0.1) is 0 Å². The van der Waals surface area contributed by atoms with E-state index in [2.05, 4.69) is 106 Å². The molecule has 130 heavy (non-hydrogen) atoms. The van der Waals surface area contributed by atoms with Crippen LogP contribution in [0, 0.1) is 5.41 Å². The largest absolute Gasteiger partial charge is 0.256 e. The molecule has 1 heterocycles. The van der Waals surface area contributed by atoms with Gasteiger partial charge in [-0.05, 0) is 51.1 Å². The summed E-state index contributed by atoms with van der Waals surface area (Å²) in [7, 11) is 371. The standard InChI is InChI=1S/C26H28BrN.B102/c1-24(2)20-13-11-17(15-21(20)25(3,4)26(24,5)6)23-14-12-18(16-28-23)19-9-7-8-10-22(19)27;1-53(2)79(54(3)4)92(80(55(5)6)56(7)8)98(91(77(49)50)78(51)52)101(97(89(73(41)42)74(43)44)90(75(45)46)76(47)48)102(99(93(81(57(9)10)58(11)12)82(59(13)14)60(15)16)94(83(61(17)18)62(19)20)84(63(21)22)64(23)24)100(95(85(65(25)26)66(27)28)86(67(29)30)68(31)32)96(87(69(33)34)70(35)36)88(71(37)38)72(39)40/h7-16H,1-6H3;. The van der Waals surface area contributed by atoms with Crippen LogP contribution in [0.3, 0.4) is 0 Å². The van der Waals surface area contributed by atoms with E-state index in [1.807, 2.05) is 12.3 Å². The van der Waals surface area contributed by atoms with Gasteiger partial charge in [-0.1, -0.05) is 93.9 Å². The van der Waals surface area contributed by atoms with E-state index < -0.39 is 319 Å². The number of benzene rings is 2. The zero-order valence-corrected chi connectivity index (χ0v) is 78.1. The molecule has 0 saturated carbocycles. The number of nitrogens with zero attached hydrogens (tertiary/aromatic N) is 1. The van der Waals surface area contributed by atoms with Crippen molar-refractivity contribution in [3.63, 3.8) is 0 Å². The molecule has 450 valence electrons. The second-order valence-electron chi connectivity index (χ2n) is 38.4. The molecule has 3 aromatic rings. The van der Waals surface area contributed by atoms with Crippen molar-refractivity contribution in [2.24, 2.45) is 5.41 Å². The minimum Gasteiger partial charge on any atom is -0.256 e. The average Bonchev–Trinajstić information content (AvgIpc) is 1.53. The molecule has 0 aliphatic heterocycles. The monoisotopic (exact) mass is 1560 g/mol. The second-order valence-corrected chi connectivity index (χ2v) is 39.3. The average molecular weight is 1540 g/mol. The maximum atomic E-state index is 7.26. The fraction of sp³-hybridized carbons (Fsp3) is 0.346. The van der Waals surface area contributed by atoms with Crippen LogP contribution in [0.2, 0.25) is 0 Å². The Hall–Kier alpha value is 4.69. The van der Waals surface area contributed by atoms with E-state index in [0.717, 1.165) is 15.7 Å². The smallest absolute Gasteiger partial charge is 0.0702 e. The molecule has 0 fully saturated rings. The third kappa shape index (κ3) is 30.9. The highest BCUT2D eigenvalue weighted by atomic mass is 79.9. The van der Waals surface area contributed by atoms with Gasteiger partial charge in [0.1, 0.15) is 0 Å². The summed E-state index contributed by atoms with van der Waals surface area (Å²) in [6.45, 7) is 14.3. The predicted octanol–water partition coefficient (Wildman–Crippen LogP) is -31.1. The van der Waals surface area contributed by atoms with E-state index in [9.17, 15) is 0 Å². The molecule has 104 heteroatoms. The number of hydrogen-bond acceptors (Lipinski definition) is 1. The SMILES string of the molecule is CC1(C)c2ccc(-c3ccc(-c4ccccc4Br)cn3)cc2C(C)(C)C1(C)C.[B]B([B])B(B([B])[B])B(B(B([B])[B])B([B])[B])B(B(B([B])[B])B([B])[B])B(B(B(B([B])[B])B([B])[B])B(B([B])[B])B([B])[B])B(B(B(B(B([B])[B])B([B])[B])B(B([B])[B])B([B])[B])B(B(B([B])[B])B([B])[B])B(B([B])[B])B([B])[B])B(B(B(B([B])[B])B([B])[B])B(B([B])[B])B([B])[B])B(B(B([B])[B])B([B])[B])B(B([B])[B])B([B])[B]. The van der Waals surface area contributed by atoms with Crippen LogP contribution >= 0.6 is 15.9 Å². The highest BCUT2D eigenvalue weighted by Gasteiger charge is 2.69. The lowest BCUT2D eigenvalue weighted by Crippen LogP contribution is -3.01. The van der Waals surface area contributed by atoms with Crippen molar-refractivity contribution in [3.8, 4) is 22.4 Å².